The minimum atomic E-state index is -1.15. The summed E-state index contributed by atoms with van der Waals surface area (Å²) in [6.45, 7) is 5.88. The lowest BCUT2D eigenvalue weighted by atomic mass is 9.90. The molecular weight excluding hydrogens is 230 g/mol. The van der Waals surface area contributed by atoms with E-state index in [4.69, 9.17) is 0 Å². The average molecular weight is 249 g/mol. The van der Waals surface area contributed by atoms with Crippen molar-refractivity contribution in [3.05, 3.63) is 35.4 Å². The second-order valence-electron chi connectivity index (χ2n) is 5.41. The fraction of sp³-hybridized carbons (Fsp3) is 0.500. The van der Waals surface area contributed by atoms with E-state index in [1.165, 1.54) is 11.1 Å². The zero-order valence-corrected chi connectivity index (χ0v) is 11.5. The third-order valence-electron chi connectivity index (χ3n) is 2.90. The van der Waals surface area contributed by atoms with Crippen LogP contribution in [0.5, 0.6) is 0 Å². The Hall–Kier alpha value is -0.960. The number of hydrogen-bond acceptors (Lipinski definition) is 1. The van der Waals surface area contributed by atoms with Crippen LogP contribution in [0.4, 0.5) is 0 Å². The monoisotopic (exact) mass is 249 g/mol. The highest BCUT2D eigenvalue weighted by molar-refractivity contribution is 7.85. The number of aryl methyl sites for hydroxylation is 1. The van der Waals surface area contributed by atoms with E-state index in [1.54, 1.807) is 0 Å². The summed E-state index contributed by atoms with van der Waals surface area (Å²) < 4.78 is 16.2. The molecule has 0 aromatic heterocycles. The van der Waals surface area contributed by atoms with Crippen molar-refractivity contribution in [2.75, 3.05) is 0 Å². The first kappa shape index (κ1) is 12.5. The van der Waals surface area contributed by atoms with Gasteiger partial charge in [0.15, 0.2) is 0 Å². The van der Waals surface area contributed by atoms with Crippen LogP contribution in [0.3, 0.4) is 0 Å². The molecule has 0 saturated heterocycles. The van der Waals surface area contributed by atoms with Crippen LogP contribution < -0.4 is 0 Å². The van der Waals surface area contributed by atoms with Crippen LogP contribution in [-0.2, 0) is 17.4 Å². The predicted octanol–water partition coefficient (Wildman–Crippen LogP) is 3.27. The van der Waals surface area contributed by atoms with E-state index < -0.39 is 11.0 Å². The van der Waals surface area contributed by atoms with Crippen molar-refractivity contribution >= 4 is 16.7 Å². The van der Waals surface area contributed by atoms with E-state index in [1.807, 2.05) is 26.8 Å². The van der Waals surface area contributed by atoms with Crippen molar-refractivity contribution in [1.82, 2.24) is 0 Å². The van der Waals surface area contributed by atoms with Gasteiger partial charge in [0.2, 0.25) is 0 Å². The van der Waals surface area contributed by atoms with Crippen LogP contribution in [0, 0.1) is 0 Å². The smallest absolute Gasteiger partial charge is 0.145 e. The van der Waals surface area contributed by atoms with Gasteiger partial charge in [-0.15, -0.1) is 0 Å². The molecule has 0 spiro atoms. The fourth-order valence-corrected chi connectivity index (χ4v) is 2.60. The molecule has 3 heteroatoms. The Kier molecular flexibility index (Phi) is 3.48. The van der Waals surface area contributed by atoms with Gasteiger partial charge < -0.3 is 0 Å². The van der Waals surface area contributed by atoms with E-state index in [9.17, 15) is 4.21 Å². The number of benzene rings is 1. The summed E-state index contributed by atoms with van der Waals surface area (Å²) in [7, 11) is -1.15. The summed E-state index contributed by atoms with van der Waals surface area (Å²) in [5.41, 5.74) is 3.54. The molecule has 1 atom stereocenters. The van der Waals surface area contributed by atoms with Crippen LogP contribution in [-0.4, -0.2) is 14.7 Å². The molecule has 2 nitrogen and oxygen atoms in total. The maximum atomic E-state index is 12.1. The van der Waals surface area contributed by atoms with Crippen molar-refractivity contribution in [3.8, 4) is 0 Å². The van der Waals surface area contributed by atoms with Crippen LogP contribution >= 0.6 is 0 Å². The van der Waals surface area contributed by atoms with Crippen molar-refractivity contribution in [2.24, 2.45) is 4.40 Å². The highest BCUT2D eigenvalue weighted by Gasteiger charge is 2.22. The quantitative estimate of drug-likeness (QED) is 0.751. The lowest BCUT2D eigenvalue weighted by molar-refractivity contribution is 0.650. The molecular formula is C14H19NOS. The number of hydrogen-bond donors (Lipinski definition) is 0. The number of fused-ring (bicyclic) bond motifs is 1. The Morgan fingerprint density at radius 2 is 1.88 bits per heavy atom. The molecule has 1 aliphatic rings. The van der Waals surface area contributed by atoms with E-state index in [2.05, 4.69) is 22.6 Å². The Labute approximate surface area is 106 Å². The topological polar surface area (TPSA) is 29.4 Å². The van der Waals surface area contributed by atoms with Crippen LogP contribution in [0.25, 0.3) is 0 Å². The normalized spacial score (nSPS) is 20.1. The molecule has 0 radical (unpaired) electrons. The molecule has 0 fully saturated rings. The third kappa shape index (κ3) is 2.83. The maximum Gasteiger partial charge on any atom is 0.145 e. The Morgan fingerprint density at radius 1 is 1.18 bits per heavy atom. The van der Waals surface area contributed by atoms with Crippen molar-refractivity contribution < 1.29 is 4.21 Å². The summed E-state index contributed by atoms with van der Waals surface area (Å²) in [5, 5.41) is 0. The molecule has 0 N–H and O–H groups in total. The minimum Gasteiger partial charge on any atom is -0.234 e. The van der Waals surface area contributed by atoms with Crippen molar-refractivity contribution in [1.29, 1.82) is 0 Å². The predicted molar refractivity (Wildman–Crippen MR) is 73.8 cm³/mol. The van der Waals surface area contributed by atoms with Gasteiger partial charge in [-0.25, -0.2) is 4.21 Å². The molecule has 1 aromatic rings. The Balaban J connectivity index is 2.36. The fourth-order valence-electron chi connectivity index (χ4n) is 1.93. The van der Waals surface area contributed by atoms with E-state index in [-0.39, 0.29) is 4.75 Å². The SMILES string of the molecule is CC(C)(C)S(=O)N=C1CCCc2ccccc21. The number of nitrogens with zero attached hydrogens (tertiary/aromatic N) is 1. The van der Waals surface area contributed by atoms with Crippen molar-refractivity contribution in [2.45, 2.75) is 44.8 Å². The Bertz CT molecular complexity index is 471. The standard InChI is InChI=1S/C14H19NOS/c1-14(2,3)17(16)15-13-10-6-8-11-7-4-5-9-12(11)13/h4-5,7,9H,6,8,10H2,1-3H3. The third-order valence-corrected chi connectivity index (χ3v) is 4.34. The summed E-state index contributed by atoms with van der Waals surface area (Å²) in [6, 6.07) is 8.32. The average Bonchev–Trinajstić information content (AvgIpc) is 2.28. The van der Waals surface area contributed by atoms with Gasteiger partial charge in [0, 0.05) is 0 Å². The summed E-state index contributed by atoms with van der Waals surface area (Å²) in [4.78, 5) is 0. The number of rotatable bonds is 1. The lowest BCUT2D eigenvalue weighted by Crippen LogP contribution is -2.22. The molecule has 17 heavy (non-hydrogen) atoms. The molecule has 1 unspecified atom stereocenters. The summed E-state index contributed by atoms with van der Waals surface area (Å²) >= 11 is 0. The first-order chi connectivity index (χ1) is 7.98. The minimum absolute atomic E-state index is 0.278. The van der Waals surface area contributed by atoms with Crippen LogP contribution in [0.1, 0.15) is 44.7 Å². The summed E-state index contributed by atoms with van der Waals surface area (Å²) in [6.07, 6.45) is 3.16. The van der Waals surface area contributed by atoms with Gasteiger partial charge in [-0.3, -0.25) is 0 Å². The molecule has 1 aliphatic carbocycles. The largest absolute Gasteiger partial charge is 0.234 e. The molecule has 2 rings (SSSR count). The van der Waals surface area contributed by atoms with Gasteiger partial charge in [-0.1, -0.05) is 24.3 Å². The molecule has 0 heterocycles. The first-order valence-corrected chi connectivity index (χ1v) is 7.17. The van der Waals surface area contributed by atoms with Gasteiger partial charge in [0.1, 0.15) is 11.0 Å². The maximum absolute atomic E-state index is 12.1. The van der Waals surface area contributed by atoms with Crippen molar-refractivity contribution in [3.63, 3.8) is 0 Å². The second kappa shape index (κ2) is 4.73. The highest BCUT2D eigenvalue weighted by Crippen LogP contribution is 2.23. The van der Waals surface area contributed by atoms with E-state index >= 15 is 0 Å². The lowest BCUT2D eigenvalue weighted by Gasteiger charge is -2.20. The van der Waals surface area contributed by atoms with Crippen LogP contribution in [0.15, 0.2) is 28.7 Å². The molecule has 0 saturated carbocycles. The first-order valence-electron chi connectivity index (χ1n) is 6.06. The van der Waals surface area contributed by atoms with Gasteiger partial charge in [0.25, 0.3) is 0 Å². The van der Waals surface area contributed by atoms with Crippen LogP contribution in [0.2, 0.25) is 0 Å². The molecule has 0 bridgehead atoms. The zero-order valence-electron chi connectivity index (χ0n) is 10.7. The molecule has 0 aliphatic heterocycles. The van der Waals surface area contributed by atoms with E-state index in [0.717, 1.165) is 25.0 Å². The Morgan fingerprint density at radius 3 is 2.59 bits per heavy atom. The second-order valence-corrected chi connectivity index (χ2v) is 7.32. The molecule has 0 amide bonds. The molecule has 92 valence electrons. The highest BCUT2D eigenvalue weighted by atomic mass is 32.2. The summed E-state index contributed by atoms with van der Waals surface area (Å²) in [5.74, 6) is 0. The molecule has 1 aromatic carbocycles. The van der Waals surface area contributed by atoms with Gasteiger partial charge in [-0.05, 0) is 51.2 Å². The van der Waals surface area contributed by atoms with Gasteiger partial charge in [0.05, 0.1) is 10.5 Å². The zero-order chi connectivity index (χ0) is 12.5. The van der Waals surface area contributed by atoms with Gasteiger partial charge in [-0.2, -0.15) is 4.40 Å². The van der Waals surface area contributed by atoms with E-state index in [0.29, 0.717) is 0 Å². The van der Waals surface area contributed by atoms with Gasteiger partial charge >= 0.3 is 0 Å².